The van der Waals surface area contributed by atoms with Gasteiger partial charge in [0.15, 0.2) is 11.5 Å². The average Bonchev–Trinajstić information content (AvgIpc) is 2.69. The van der Waals surface area contributed by atoms with E-state index in [1.807, 2.05) is 0 Å². The predicted molar refractivity (Wildman–Crippen MR) is 97.3 cm³/mol. The van der Waals surface area contributed by atoms with Gasteiger partial charge in [0.05, 0.1) is 21.3 Å². The van der Waals surface area contributed by atoms with E-state index in [2.05, 4.69) is 0 Å². The zero-order valence-electron chi connectivity index (χ0n) is 15.1. The molecule has 2 aliphatic rings. The maximum Gasteiger partial charge on any atom is 0.352 e. The summed E-state index contributed by atoms with van der Waals surface area (Å²) in [6.07, 6.45) is 0. The number of rotatable bonds is 7. The lowest BCUT2D eigenvalue weighted by atomic mass is 10.0. The Hall–Kier alpha value is -2.59. The smallest absolute Gasteiger partial charge is 0.352 e. The van der Waals surface area contributed by atoms with E-state index < -0.39 is 17.9 Å². The molecule has 0 saturated carbocycles. The second-order valence-corrected chi connectivity index (χ2v) is 6.95. The van der Waals surface area contributed by atoms with E-state index in [1.54, 1.807) is 12.1 Å². The van der Waals surface area contributed by atoms with E-state index in [0.29, 0.717) is 34.3 Å². The largest absolute Gasteiger partial charge is 0.493 e. The third-order valence-electron chi connectivity index (χ3n) is 4.34. The van der Waals surface area contributed by atoms with Gasteiger partial charge in [-0.25, -0.2) is 4.79 Å². The molecule has 2 aliphatic heterocycles. The third-order valence-corrected chi connectivity index (χ3v) is 5.70. The topological polar surface area (TPSA) is 121 Å². The number of methoxy groups -OCH3 is 3. The number of β-lactam (4-membered cyclic amide) rings is 1. The highest BCUT2D eigenvalue weighted by Gasteiger charge is 2.51. The van der Waals surface area contributed by atoms with Crippen molar-refractivity contribution in [2.75, 3.05) is 33.7 Å². The van der Waals surface area contributed by atoms with Crippen LogP contribution in [-0.2, 0) is 9.59 Å². The van der Waals surface area contributed by atoms with E-state index in [1.165, 1.54) is 38.0 Å². The molecule has 2 heterocycles. The number of fused-ring (bicyclic) bond motifs is 1. The molecule has 1 amide bonds. The quantitative estimate of drug-likeness (QED) is 0.641. The summed E-state index contributed by atoms with van der Waals surface area (Å²) in [4.78, 5) is 24.9. The summed E-state index contributed by atoms with van der Waals surface area (Å²) in [5, 5.41) is 9.21. The van der Waals surface area contributed by atoms with E-state index in [0.717, 1.165) is 0 Å². The van der Waals surface area contributed by atoms with Gasteiger partial charge >= 0.3 is 5.97 Å². The Morgan fingerprint density at radius 1 is 1.26 bits per heavy atom. The number of carboxylic acids is 1. The van der Waals surface area contributed by atoms with E-state index >= 15 is 0 Å². The normalized spacial score (nSPS) is 21.3. The van der Waals surface area contributed by atoms with Gasteiger partial charge in [-0.15, -0.1) is 11.8 Å². The number of ether oxygens (including phenoxy) is 4. The Morgan fingerprint density at radius 2 is 1.89 bits per heavy atom. The summed E-state index contributed by atoms with van der Waals surface area (Å²) in [5.74, 6) is 0.518. The van der Waals surface area contributed by atoms with Gasteiger partial charge in [0.1, 0.15) is 29.5 Å². The molecule has 0 aromatic heterocycles. The minimum Gasteiger partial charge on any atom is -0.493 e. The second-order valence-electron chi connectivity index (χ2n) is 5.84. The lowest BCUT2D eigenvalue weighted by Gasteiger charge is -2.47. The number of carbonyl (C=O) groups is 2. The van der Waals surface area contributed by atoms with Gasteiger partial charge in [-0.2, -0.15) is 0 Å². The van der Waals surface area contributed by atoms with Crippen LogP contribution in [0.4, 0.5) is 0 Å². The fourth-order valence-electron chi connectivity index (χ4n) is 3.00. The van der Waals surface area contributed by atoms with Gasteiger partial charge in [-0.3, -0.25) is 9.69 Å². The molecular weight excluding hydrogens is 376 g/mol. The van der Waals surface area contributed by atoms with Crippen LogP contribution in [0.25, 0.3) is 0 Å². The molecule has 0 spiro atoms. The number of carboxylic acid groups (broad SMARTS) is 1. The monoisotopic (exact) mass is 396 g/mol. The van der Waals surface area contributed by atoms with Gasteiger partial charge in [-0.05, 0) is 0 Å². The van der Waals surface area contributed by atoms with Crippen LogP contribution in [0.5, 0.6) is 23.0 Å². The first-order valence-electron chi connectivity index (χ1n) is 8.01. The van der Waals surface area contributed by atoms with Crippen LogP contribution in [0.1, 0.15) is 0 Å². The number of hydrogen-bond donors (Lipinski definition) is 2. The van der Waals surface area contributed by atoms with Crippen LogP contribution in [0.15, 0.2) is 23.4 Å². The Balaban J connectivity index is 1.85. The molecule has 1 aromatic carbocycles. The van der Waals surface area contributed by atoms with Crippen molar-refractivity contribution in [3.63, 3.8) is 0 Å². The molecule has 3 rings (SSSR count). The average molecular weight is 396 g/mol. The molecule has 3 N–H and O–H groups in total. The first-order valence-corrected chi connectivity index (χ1v) is 9.06. The fourth-order valence-corrected chi connectivity index (χ4v) is 4.28. The molecule has 1 saturated heterocycles. The van der Waals surface area contributed by atoms with Gasteiger partial charge in [0.2, 0.25) is 11.7 Å². The SMILES string of the molecule is COc1cc(OCC2=C(C(=O)O)N3C(=O)C(N)[C@@H]3SC2)cc(OC)c1OC. The molecule has 2 atom stereocenters. The van der Waals surface area contributed by atoms with E-state index in [4.69, 9.17) is 24.7 Å². The van der Waals surface area contributed by atoms with Crippen molar-refractivity contribution in [2.45, 2.75) is 11.4 Å². The zero-order valence-corrected chi connectivity index (χ0v) is 15.9. The van der Waals surface area contributed by atoms with Gasteiger partial charge < -0.3 is 29.8 Å². The van der Waals surface area contributed by atoms with Crippen LogP contribution < -0.4 is 24.7 Å². The molecular formula is C17H20N2O7S. The van der Waals surface area contributed by atoms with Crippen molar-refractivity contribution < 1.29 is 33.6 Å². The second kappa shape index (κ2) is 7.57. The highest BCUT2D eigenvalue weighted by molar-refractivity contribution is 8.00. The number of nitrogens with two attached hydrogens (primary N) is 1. The summed E-state index contributed by atoms with van der Waals surface area (Å²) in [5.41, 5.74) is 6.18. The fraction of sp³-hybridized carbons (Fsp3) is 0.412. The van der Waals surface area contributed by atoms with Crippen LogP contribution in [0.3, 0.4) is 0 Å². The number of benzene rings is 1. The van der Waals surface area contributed by atoms with Crippen LogP contribution in [0, 0.1) is 0 Å². The minimum absolute atomic E-state index is 0.000983. The summed E-state index contributed by atoms with van der Waals surface area (Å²) >= 11 is 1.42. The standard InChI is InChI=1S/C17H20N2O7S/c1-23-10-4-9(5-11(24-2)14(10)25-3)26-6-8-7-27-16-12(18)15(20)19(16)13(8)17(21)22/h4-5,12,16H,6-7,18H2,1-3H3,(H,21,22)/t12?,16-/m0/s1. The van der Waals surface area contributed by atoms with Gasteiger partial charge in [0, 0.05) is 23.5 Å². The number of aliphatic carboxylic acids is 1. The summed E-state index contributed by atoms with van der Waals surface area (Å²) in [7, 11) is 4.47. The van der Waals surface area contributed by atoms with Crippen molar-refractivity contribution in [3.8, 4) is 23.0 Å². The van der Waals surface area contributed by atoms with Crippen molar-refractivity contribution in [1.82, 2.24) is 4.90 Å². The number of thioether (sulfide) groups is 1. The Bertz CT molecular complexity index is 785. The highest BCUT2D eigenvalue weighted by Crippen LogP contribution is 2.42. The molecule has 10 heteroatoms. The van der Waals surface area contributed by atoms with Crippen molar-refractivity contribution in [2.24, 2.45) is 5.73 Å². The number of carbonyl (C=O) groups excluding carboxylic acids is 1. The number of hydrogen-bond acceptors (Lipinski definition) is 8. The molecule has 0 bridgehead atoms. The van der Waals surface area contributed by atoms with Crippen LogP contribution >= 0.6 is 11.8 Å². The Labute approximate surface area is 160 Å². The minimum atomic E-state index is -1.18. The molecule has 1 aromatic rings. The molecule has 0 radical (unpaired) electrons. The van der Waals surface area contributed by atoms with Gasteiger partial charge in [-0.1, -0.05) is 0 Å². The van der Waals surface area contributed by atoms with Gasteiger partial charge in [0.25, 0.3) is 0 Å². The first-order chi connectivity index (χ1) is 12.9. The van der Waals surface area contributed by atoms with E-state index in [-0.39, 0.29) is 17.7 Å². The predicted octanol–water partition coefficient (Wildman–Crippen LogP) is 0.672. The van der Waals surface area contributed by atoms with Crippen molar-refractivity contribution >= 4 is 23.6 Å². The molecule has 0 aliphatic carbocycles. The lowest BCUT2D eigenvalue weighted by Crippen LogP contribution is -2.68. The van der Waals surface area contributed by atoms with Crippen LogP contribution in [-0.4, -0.2) is 67.0 Å². The maximum absolute atomic E-state index is 12.0. The number of nitrogens with zero attached hydrogens (tertiary/aromatic N) is 1. The van der Waals surface area contributed by atoms with Crippen LogP contribution in [0.2, 0.25) is 0 Å². The molecule has 146 valence electrons. The van der Waals surface area contributed by atoms with Crippen molar-refractivity contribution in [3.05, 3.63) is 23.4 Å². The molecule has 1 fully saturated rings. The third kappa shape index (κ3) is 3.26. The number of amides is 1. The summed E-state index contributed by atoms with van der Waals surface area (Å²) in [6, 6.07) is 2.57. The molecule has 9 nitrogen and oxygen atoms in total. The highest BCUT2D eigenvalue weighted by atomic mass is 32.2. The first kappa shape index (κ1) is 19.2. The zero-order chi connectivity index (χ0) is 19.7. The lowest BCUT2D eigenvalue weighted by molar-refractivity contribution is -0.148. The maximum atomic E-state index is 12.0. The summed E-state index contributed by atoms with van der Waals surface area (Å²) < 4.78 is 21.6. The van der Waals surface area contributed by atoms with Crippen molar-refractivity contribution in [1.29, 1.82) is 0 Å². The molecule has 27 heavy (non-hydrogen) atoms. The van der Waals surface area contributed by atoms with E-state index in [9.17, 15) is 14.7 Å². The Morgan fingerprint density at radius 3 is 2.41 bits per heavy atom. The Kier molecular flexibility index (Phi) is 5.38. The summed E-state index contributed by atoms with van der Waals surface area (Å²) in [6.45, 7) is -0.000983. The molecule has 1 unspecified atom stereocenters.